The first kappa shape index (κ1) is 12.1. The van der Waals surface area contributed by atoms with Crippen LogP contribution in [0, 0.1) is 5.82 Å². The van der Waals surface area contributed by atoms with Crippen molar-refractivity contribution in [1.82, 2.24) is 0 Å². The predicted molar refractivity (Wildman–Crippen MR) is 66.6 cm³/mol. The van der Waals surface area contributed by atoms with E-state index < -0.39 is 0 Å². The van der Waals surface area contributed by atoms with Crippen molar-refractivity contribution >= 4 is 0 Å². The van der Waals surface area contributed by atoms with Gasteiger partial charge in [-0.25, -0.2) is 4.39 Å². The largest absolute Gasteiger partial charge is 0.483 e. The van der Waals surface area contributed by atoms with Gasteiger partial charge in [-0.05, 0) is 49.9 Å². The molecule has 17 heavy (non-hydrogen) atoms. The minimum absolute atomic E-state index is 0.00262. The van der Waals surface area contributed by atoms with E-state index in [2.05, 4.69) is 6.08 Å². The number of nitrogens with two attached hydrogens (primary N) is 1. The standard InChI is InChI=1S/C14H18FNO/c15-13-8-4-5-11(9-10-16)14(13)17-12-6-2-1-3-7-12/h2,4-6,8,12H,1,3,7,9-10,16H2. The lowest BCUT2D eigenvalue weighted by molar-refractivity contribution is 0.217. The fraction of sp³-hybridized carbons (Fsp3) is 0.429. The number of hydrogen-bond acceptors (Lipinski definition) is 2. The van der Waals surface area contributed by atoms with Crippen LogP contribution >= 0.6 is 0 Å². The van der Waals surface area contributed by atoms with Crippen LogP contribution in [0.5, 0.6) is 5.75 Å². The van der Waals surface area contributed by atoms with Gasteiger partial charge in [-0.3, -0.25) is 0 Å². The number of hydrogen-bond donors (Lipinski definition) is 1. The molecule has 0 aliphatic heterocycles. The Labute approximate surface area is 101 Å². The van der Waals surface area contributed by atoms with E-state index in [-0.39, 0.29) is 11.9 Å². The lowest BCUT2D eigenvalue weighted by Gasteiger charge is -2.20. The molecule has 1 aliphatic rings. The highest BCUT2D eigenvalue weighted by Crippen LogP contribution is 2.26. The minimum Gasteiger partial charge on any atom is -0.483 e. The Kier molecular flexibility index (Phi) is 4.15. The van der Waals surface area contributed by atoms with Crippen LogP contribution in [-0.2, 0) is 6.42 Å². The summed E-state index contributed by atoms with van der Waals surface area (Å²) in [6.07, 6.45) is 7.89. The van der Waals surface area contributed by atoms with E-state index in [0.29, 0.717) is 18.7 Å². The molecule has 2 N–H and O–H groups in total. The number of halogens is 1. The second-order valence-corrected chi connectivity index (χ2v) is 4.28. The van der Waals surface area contributed by atoms with Gasteiger partial charge in [0.2, 0.25) is 0 Å². The lowest BCUT2D eigenvalue weighted by Crippen LogP contribution is -2.18. The summed E-state index contributed by atoms with van der Waals surface area (Å²) in [5.74, 6) is 0.0735. The maximum absolute atomic E-state index is 13.7. The molecule has 1 aromatic carbocycles. The van der Waals surface area contributed by atoms with Gasteiger partial charge in [-0.2, -0.15) is 0 Å². The van der Waals surface area contributed by atoms with Crippen molar-refractivity contribution in [2.45, 2.75) is 31.8 Å². The van der Waals surface area contributed by atoms with Gasteiger partial charge in [0.25, 0.3) is 0 Å². The van der Waals surface area contributed by atoms with Crippen molar-refractivity contribution in [3.8, 4) is 5.75 Å². The molecule has 0 fully saturated rings. The average molecular weight is 235 g/mol. The number of para-hydroxylation sites is 1. The molecule has 2 rings (SSSR count). The van der Waals surface area contributed by atoms with Crippen molar-refractivity contribution in [2.24, 2.45) is 5.73 Å². The molecule has 0 amide bonds. The van der Waals surface area contributed by atoms with Gasteiger partial charge < -0.3 is 10.5 Å². The number of ether oxygens (including phenoxy) is 1. The molecule has 0 radical (unpaired) electrons. The zero-order valence-corrected chi connectivity index (χ0v) is 9.86. The molecule has 3 heteroatoms. The molecule has 1 aliphatic carbocycles. The summed E-state index contributed by atoms with van der Waals surface area (Å²) in [6, 6.07) is 5.00. The van der Waals surface area contributed by atoms with Gasteiger partial charge >= 0.3 is 0 Å². The second-order valence-electron chi connectivity index (χ2n) is 4.28. The fourth-order valence-electron chi connectivity index (χ4n) is 2.07. The smallest absolute Gasteiger partial charge is 0.165 e. The Balaban J connectivity index is 2.17. The highest BCUT2D eigenvalue weighted by molar-refractivity contribution is 5.35. The van der Waals surface area contributed by atoms with E-state index >= 15 is 0 Å². The van der Waals surface area contributed by atoms with E-state index in [0.717, 1.165) is 24.8 Å². The van der Waals surface area contributed by atoms with Crippen LogP contribution in [0.15, 0.2) is 30.4 Å². The molecule has 92 valence electrons. The van der Waals surface area contributed by atoms with Crippen LogP contribution in [0.1, 0.15) is 24.8 Å². The van der Waals surface area contributed by atoms with Crippen molar-refractivity contribution in [3.05, 3.63) is 41.7 Å². The first-order valence-electron chi connectivity index (χ1n) is 6.12. The zero-order chi connectivity index (χ0) is 12.1. The molecule has 0 bridgehead atoms. The van der Waals surface area contributed by atoms with Crippen LogP contribution in [0.2, 0.25) is 0 Å². The number of allylic oxidation sites excluding steroid dienone is 1. The van der Waals surface area contributed by atoms with E-state index in [1.54, 1.807) is 6.07 Å². The second kappa shape index (κ2) is 5.82. The monoisotopic (exact) mass is 235 g/mol. The first-order valence-corrected chi connectivity index (χ1v) is 6.12. The van der Waals surface area contributed by atoms with Crippen molar-refractivity contribution < 1.29 is 9.13 Å². The Morgan fingerprint density at radius 1 is 1.41 bits per heavy atom. The molecule has 2 nitrogen and oxygen atoms in total. The van der Waals surface area contributed by atoms with Gasteiger partial charge in [-0.15, -0.1) is 0 Å². The molecular formula is C14H18FNO. The summed E-state index contributed by atoms with van der Waals surface area (Å²) < 4.78 is 19.5. The topological polar surface area (TPSA) is 35.2 Å². The van der Waals surface area contributed by atoms with Gasteiger partial charge in [0, 0.05) is 0 Å². The third-order valence-corrected chi connectivity index (χ3v) is 2.94. The number of benzene rings is 1. The normalized spacial score (nSPS) is 19.3. The third kappa shape index (κ3) is 3.07. The summed E-state index contributed by atoms with van der Waals surface area (Å²) in [6.45, 7) is 0.500. The molecule has 1 atom stereocenters. The quantitative estimate of drug-likeness (QED) is 0.814. The van der Waals surface area contributed by atoms with E-state index in [1.165, 1.54) is 6.07 Å². The zero-order valence-electron chi connectivity index (χ0n) is 9.86. The van der Waals surface area contributed by atoms with Crippen LogP contribution < -0.4 is 10.5 Å². The third-order valence-electron chi connectivity index (χ3n) is 2.94. The summed E-state index contributed by atoms with van der Waals surface area (Å²) >= 11 is 0. The molecule has 0 heterocycles. The van der Waals surface area contributed by atoms with Crippen LogP contribution in [-0.4, -0.2) is 12.6 Å². The molecule has 0 spiro atoms. The van der Waals surface area contributed by atoms with Gasteiger partial charge in [0.05, 0.1) is 0 Å². The highest BCUT2D eigenvalue weighted by atomic mass is 19.1. The predicted octanol–water partition coefficient (Wildman–Crippen LogP) is 2.81. The summed E-state index contributed by atoms with van der Waals surface area (Å²) in [5, 5.41) is 0. The minimum atomic E-state index is -0.296. The maximum Gasteiger partial charge on any atom is 0.165 e. The van der Waals surface area contributed by atoms with Crippen LogP contribution in [0.4, 0.5) is 4.39 Å². The first-order chi connectivity index (χ1) is 8.31. The number of rotatable bonds is 4. The Bertz CT molecular complexity index is 403. The van der Waals surface area contributed by atoms with E-state index in [4.69, 9.17) is 10.5 Å². The van der Waals surface area contributed by atoms with Gasteiger partial charge in [0.1, 0.15) is 6.10 Å². The van der Waals surface area contributed by atoms with E-state index in [9.17, 15) is 4.39 Å². The molecule has 0 saturated heterocycles. The molecular weight excluding hydrogens is 217 g/mol. The average Bonchev–Trinajstić information content (AvgIpc) is 2.35. The molecule has 0 aromatic heterocycles. The van der Waals surface area contributed by atoms with Crippen LogP contribution in [0.3, 0.4) is 0 Å². The highest BCUT2D eigenvalue weighted by Gasteiger charge is 2.15. The Morgan fingerprint density at radius 3 is 3.00 bits per heavy atom. The Hall–Kier alpha value is -1.35. The van der Waals surface area contributed by atoms with Gasteiger partial charge in [0.15, 0.2) is 11.6 Å². The maximum atomic E-state index is 13.7. The van der Waals surface area contributed by atoms with Crippen molar-refractivity contribution in [3.63, 3.8) is 0 Å². The lowest BCUT2D eigenvalue weighted by atomic mass is 10.0. The Morgan fingerprint density at radius 2 is 2.29 bits per heavy atom. The summed E-state index contributed by atoms with van der Waals surface area (Å²) in [7, 11) is 0. The van der Waals surface area contributed by atoms with Crippen molar-refractivity contribution in [1.29, 1.82) is 0 Å². The summed E-state index contributed by atoms with van der Waals surface area (Å²) in [5.41, 5.74) is 6.37. The fourth-order valence-corrected chi connectivity index (χ4v) is 2.07. The van der Waals surface area contributed by atoms with E-state index in [1.807, 2.05) is 12.1 Å². The van der Waals surface area contributed by atoms with Crippen molar-refractivity contribution in [2.75, 3.05) is 6.54 Å². The SMILES string of the molecule is NCCc1cccc(F)c1OC1C=CCCC1. The van der Waals surface area contributed by atoms with Crippen LogP contribution in [0.25, 0.3) is 0 Å². The molecule has 0 saturated carbocycles. The van der Waals surface area contributed by atoms with Gasteiger partial charge in [-0.1, -0.05) is 18.2 Å². The summed E-state index contributed by atoms with van der Waals surface area (Å²) in [4.78, 5) is 0. The molecule has 1 aromatic rings. The molecule has 1 unspecified atom stereocenters.